The van der Waals surface area contributed by atoms with E-state index in [0.29, 0.717) is 11.4 Å². The lowest BCUT2D eigenvalue weighted by Gasteiger charge is -2.34. The molecule has 0 aliphatic carbocycles. The molecule has 0 radical (unpaired) electrons. The zero-order valence-corrected chi connectivity index (χ0v) is 26.3. The average Bonchev–Trinajstić information content (AvgIpc) is 3.02. The zero-order valence-electron chi connectivity index (χ0n) is 25.5. The lowest BCUT2D eigenvalue weighted by molar-refractivity contribution is -0.140. The average molecular weight is 614 g/mol. The number of hydrogen-bond donors (Lipinski definition) is 1. The topological polar surface area (TPSA) is 96.0 Å². The molecule has 0 spiro atoms. The number of para-hydroxylation sites is 1. The first kappa shape index (κ1) is 32.3. The Balaban J connectivity index is 1.78. The van der Waals surface area contributed by atoms with Crippen molar-refractivity contribution in [2.45, 2.75) is 50.7 Å². The van der Waals surface area contributed by atoms with Crippen molar-refractivity contribution in [2.75, 3.05) is 18.0 Å². The van der Waals surface area contributed by atoms with Crippen LogP contribution in [-0.4, -0.2) is 50.9 Å². The summed E-state index contributed by atoms with van der Waals surface area (Å²) in [5, 5.41) is 2.97. The van der Waals surface area contributed by atoms with Crippen LogP contribution in [0.2, 0.25) is 0 Å². The van der Waals surface area contributed by atoms with Crippen molar-refractivity contribution in [1.29, 1.82) is 0 Å². The summed E-state index contributed by atoms with van der Waals surface area (Å²) in [5.74, 6) is -0.308. The third kappa shape index (κ3) is 8.26. The fraction of sp³-hybridized carbons (Fsp3) is 0.257. The second-order valence-electron chi connectivity index (χ2n) is 10.9. The van der Waals surface area contributed by atoms with Gasteiger partial charge in [-0.2, -0.15) is 0 Å². The van der Waals surface area contributed by atoms with E-state index in [-0.39, 0.29) is 29.8 Å². The monoisotopic (exact) mass is 613 g/mol. The van der Waals surface area contributed by atoms with E-state index in [1.807, 2.05) is 75.4 Å². The fourth-order valence-electron chi connectivity index (χ4n) is 4.94. The largest absolute Gasteiger partial charge is 0.497 e. The number of hydrogen-bond acceptors (Lipinski definition) is 5. The Hall–Kier alpha value is -4.63. The van der Waals surface area contributed by atoms with Gasteiger partial charge in [0.2, 0.25) is 11.8 Å². The molecule has 1 unspecified atom stereocenters. The van der Waals surface area contributed by atoms with Gasteiger partial charge in [-0.1, -0.05) is 78.4 Å². The number of benzene rings is 4. The molecule has 230 valence electrons. The van der Waals surface area contributed by atoms with E-state index in [0.717, 1.165) is 21.0 Å². The molecule has 44 heavy (non-hydrogen) atoms. The van der Waals surface area contributed by atoms with Crippen molar-refractivity contribution >= 4 is 27.5 Å². The van der Waals surface area contributed by atoms with Gasteiger partial charge in [0.05, 0.1) is 17.7 Å². The van der Waals surface area contributed by atoms with Crippen molar-refractivity contribution < 1.29 is 22.7 Å². The van der Waals surface area contributed by atoms with Crippen molar-refractivity contribution in [2.24, 2.45) is 0 Å². The lowest BCUT2D eigenvalue weighted by atomic mass is 10.0. The summed E-state index contributed by atoms with van der Waals surface area (Å²) >= 11 is 0. The molecule has 0 aromatic heterocycles. The molecule has 4 aromatic carbocycles. The van der Waals surface area contributed by atoms with E-state index < -0.39 is 28.5 Å². The number of ether oxygens (including phenoxy) is 1. The molecule has 0 aliphatic heterocycles. The van der Waals surface area contributed by atoms with E-state index in [2.05, 4.69) is 5.32 Å². The van der Waals surface area contributed by atoms with Gasteiger partial charge in [0.1, 0.15) is 18.3 Å². The summed E-state index contributed by atoms with van der Waals surface area (Å²) in [6.07, 6.45) is 0.257. The number of carbonyl (C=O) groups excluding carboxylic acids is 2. The number of sulfonamides is 1. The number of nitrogens with one attached hydrogen (secondary N) is 1. The number of amides is 2. The van der Waals surface area contributed by atoms with Crippen molar-refractivity contribution in [1.82, 2.24) is 10.2 Å². The Morgan fingerprint density at radius 2 is 1.43 bits per heavy atom. The van der Waals surface area contributed by atoms with Crippen LogP contribution in [0.5, 0.6) is 5.75 Å². The van der Waals surface area contributed by atoms with Crippen molar-refractivity contribution in [3.8, 4) is 5.75 Å². The minimum atomic E-state index is -4.18. The summed E-state index contributed by atoms with van der Waals surface area (Å²) in [6, 6.07) is 30.7. The quantitative estimate of drug-likeness (QED) is 0.219. The van der Waals surface area contributed by atoms with Crippen LogP contribution in [0.25, 0.3) is 0 Å². The first-order chi connectivity index (χ1) is 21.1. The molecule has 2 amide bonds. The van der Waals surface area contributed by atoms with Crippen molar-refractivity contribution in [3.63, 3.8) is 0 Å². The maximum Gasteiger partial charge on any atom is 0.264 e. The standard InChI is InChI=1S/C35H39N3O5S/c1-26(2)36-35(40)33(23-28-13-7-5-8-14-28)37(24-29-15-11-12-27(3)22-29)34(39)25-38(30-16-9-6-10-17-30)44(41,42)32-20-18-31(43-4)19-21-32/h5-22,26,33H,23-25H2,1-4H3,(H,36,40). The van der Waals surface area contributed by atoms with Crippen LogP contribution >= 0.6 is 0 Å². The van der Waals surface area contributed by atoms with Gasteiger partial charge in [-0.25, -0.2) is 8.42 Å². The molecule has 0 saturated heterocycles. The Bertz CT molecular complexity index is 1640. The summed E-state index contributed by atoms with van der Waals surface area (Å²) in [5.41, 5.74) is 3.05. The summed E-state index contributed by atoms with van der Waals surface area (Å²) in [6.45, 7) is 5.30. The molecule has 0 heterocycles. The number of aryl methyl sites for hydroxylation is 1. The van der Waals surface area contributed by atoms with Gasteiger partial charge in [0.15, 0.2) is 0 Å². The first-order valence-electron chi connectivity index (χ1n) is 14.5. The third-order valence-corrected chi connectivity index (χ3v) is 8.90. The van der Waals surface area contributed by atoms with E-state index in [4.69, 9.17) is 4.74 Å². The van der Waals surface area contributed by atoms with Crippen molar-refractivity contribution in [3.05, 3.63) is 126 Å². The molecule has 9 heteroatoms. The molecule has 1 N–H and O–H groups in total. The van der Waals surface area contributed by atoms with Gasteiger partial charge in [-0.3, -0.25) is 13.9 Å². The van der Waals surface area contributed by atoms with Crippen LogP contribution in [0, 0.1) is 6.92 Å². The normalized spacial score (nSPS) is 11.9. The Labute approximate surface area is 260 Å². The third-order valence-electron chi connectivity index (χ3n) is 7.11. The summed E-state index contributed by atoms with van der Waals surface area (Å²) in [7, 11) is -2.68. The molecule has 4 aromatic rings. The predicted molar refractivity (Wildman–Crippen MR) is 173 cm³/mol. The van der Waals surface area contributed by atoms with Crippen LogP contribution in [0.1, 0.15) is 30.5 Å². The highest BCUT2D eigenvalue weighted by molar-refractivity contribution is 7.92. The number of carbonyl (C=O) groups is 2. The zero-order chi connectivity index (χ0) is 31.7. The van der Waals surface area contributed by atoms with Crippen LogP contribution in [0.3, 0.4) is 0 Å². The second kappa shape index (κ2) is 14.7. The van der Waals surface area contributed by atoms with Crippen LogP contribution in [0.4, 0.5) is 5.69 Å². The molecule has 4 rings (SSSR count). The molecule has 0 bridgehead atoms. The number of nitrogens with zero attached hydrogens (tertiary/aromatic N) is 2. The van der Waals surface area contributed by atoms with Gasteiger partial charge in [0.25, 0.3) is 10.0 Å². The minimum Gasteiger partial charge on any atom is -0.497 e. The lowest BCUT2D eigenvalue weighted by Crippen LogP contribution is -2.54. The number of anilines is 1. The molecular formula is C35H39N3O5S. The van der Waals surface area contributed by atoms with Crippen LogP contribution in [-0.2, 0) is 32.6 Å². The van der Waals surface area contributed by atoms with E-state index in [1.165, 1.54) is 24.1 Å². The van der Waals surface area contributed by atoms with E-state index in [9.17, 15) is 18.0 Å². The van der Waals surface area contributed by atoms with Gasteiger partial charge in [-0.05, 0) is 68.3 Å². The summed E-state index contributed by atoms with van der Waals surface area (Å²) < 4.78 is 34.4. The SMILES string of the molecule is COc1ccc(S(=O)(=O)N(CC(=O)N(Cc2cccc(C)c2)C(Cc2ccccc2)C(=O)NC(C)C)c2ccccc2)cc1. The molecule has 0 aliphatic rings. The molecular weight excluding hydrogens is 574 g/mol. The highest BCUT2D eigenvalue weighted by atomic mass is 32.2. The second-order valence-corrected chi connectivity index (χ2v) is 12.8. The van der Waals surface area contributed by atoms with Gasteiger partial charge < -0.3 is 15.0 Å². The van der Waals surface area contributed by atoms with Crippen LogP contribution < -0.4 is 14.4 Å². The van der Waals surface area contributed by atoms with Crippen LogP contribution in [0.15, 0.2) is 114 Å². The Morgan fingerprint density at radius 3 is 2.02 bits per heavy atom. The van der Waals surface area contributed by atoms with E-state index >= 15 is 0 Å². The maximum atomic E-state index is 14.4. The number of methoxy groups -OCH3 is 1. The van der Waals surface area contributed by atoms with Gasteiger partial charge in [-0.15, -0.1) is 0 Å². The van der Waals surface area contributed by atoms with Gasteiger partial charge >= 0.3 is 0 Å². The van der Waals surface area contributed by atoms with Gasteiger partial charge in [0, 0.05) is 19.0 Å². The molecule has 8 nitrogen and oxygen atoms in total. The summed E-state index contributed by atoms with van der Waals surface area (Å²) in [4.78, 5) is 29.7. The Morgan fingerprint density at radius 1 is 0.818 bits per heavy atom. The predicted octanol–water partition coefficient (Wildman–Crippen LogP) is 5.36. The smallest absolute Gasteiger partial charge is 0.264 e. The maximum absolute atomic E-state index is 14.4. The first-order valence-corrected chi connectivity index (χ1v) is 15.9. The Kier molecular flexibility index (Phi) is 10.8. The molecule has 0 fully saturated rings. The minimum absolute atomic E-state index is 0.0126. The number of rotatable bonds is 13. The highest BCUT2D eigenvalue weighted by Gasteiger charge is 2.34. The molecule has 1 atom stereocenters. The fourth-order valence-corrected chi connectivity index (χ4v) is 6.35. The van der Waals surface area contributed by atoms with E-state index in [1.54, 1.807) is 42.5 Å². The highest BCUT2D eigenvalue weighted by Crippen LogP contribution is 2.26. The molecule has 0 saturated carbocycles.